The molecule has 26 heavy (non-hydrogen) atoms. The normalized spacial score (nSPS) is 11.7. The Morgan fingerprint density at radius 1 is 1.12 bits per heavy atom. The van der Waals surface area contributed by atoms with Gasteiger partial charge in [-0.1, -0.05) is 30.3 Å². The van der Waals surface area contributed by atoms with Crippen LogP contribution >= 0.6 is 0 Å². The second-order valence-corrected chi connectivity index (χ2v) is 5.75. The fraction of sp³-hybridized carbons (Fsp3) is 0.150. The van der Waals surface area contributed by atoms with Crippen molar-refractivity contribution in [2.75, 3.05) is 12.4 Å². The van der Waals surface area contributed by atoms with E-state index < -0.39 is 5.82 Å². The van der Waals surface area contributed by atoms with Gasteiger partial charge in [-0.3, -0.25) is 4.79 Å². The molecule has 0 fully saturated rings. The Hall–Kier alpha value is -3.28. The van der Waals surface area contributed by atoms with Gasteiger partial charge < -0.3 is 10.1 Å². The summed E-state index contributed by atoms with van der Waals surface area (Å²) in [6, 6.07) is 15.2. The van der Waals surface area contributed by atoms with Gasteiger partial charge in [0.25, 0.3) is 0 Å². The number of methoxy groups -OCH3 is 1. The monoisotopic (exact) mass is 351 g/mol. The Morgan fingerprint density at radius 2 is 1.88 bits per heavy atom. The lowest BCUT2D eigenvalue weighted by Gasteiger charge is -2.13. The fourth-order valence-electron chi connectivity index (χ4n) is 2.58. The van der Waals surface area contributed by atoms with Gasteiger partial charge >= 0.3 is 0 Å². The first-order chi connectivity index (χ1) is 12.6. The van der Waals surface area contributed by atoms with Crippen LogP contribution in [0.25, 0.3) is 11.3 Å². The second-order valence-electron chi connectivity index (χ2n) is 5.75. The van der Waals surface area contributed by atoms with Crippen LogP contribution in [0.2, 0.25) is 0 Å². The number of halogens is 1. The fourth-order valence-corrected chi connectivity index (χ4v) is 2.58. The first-order valence-corrected chi connectivity index (χ1v) is 8.10. The quantitative estimate of drug-likeness (QED) is 0.754. The molecule has 1 N–H and O–H groups in total. The van der Waals surface area contributed by atoms with Crippen molar-refractivity contribution in [3.8, 4) is 17.0 Å². The molecule has 1 aromatic heterocycles. The van der Waals surface area contributed by atoms with E-state index in [0.717, 1.165) is 5.56 Å². The van der Waals surface area contributed by atoms with Crippen molar-refractivity contribution in [3.63, 3.8) is 0 Å². The highest BCUT2D eigenvalue weighted by molar-refractivity contribution is 5.95. The van der Waals surface area contributed by atoms with Crippen molar-refractivity contribution in [3.05, 3.63) is 72.3 Å². The summed E-state index contributed by atoms with van der Waals surface area (Å²) < 4.78 is 18.9. The Morgan fingerprint density at radius 3 is 2.62 bits per heavy atom. The van der Waals surface area contributed by atoms with E-state index in [0.29, 0.717) is 22.8 Å². The molecular formula is C20H18FN3O2. The number of rotatable bonds is 5. The van der Waals surface area contributed by atoms with Gasteiger partial charge in [-0.2, -0.15) is 0 Å². The molecule has 0 spiro atoms. The molecular weight excluding hydrogens is 333 g/mol. The maximum Gasteiger partial charge on any atom is 0.232 e. The van der Waals surface area contributed by atoms with Crippen LogP contribution in [0.4, 0.5) is 10.2 Å². The number of carbonyl (C=O) groups is 1. The molecule has 0 saturated carbocycles. The van der Waals surface area contributed by atoms with Crippen LogP contribution in [0.5, 0.6) is 5.75 Å². The third kappa shape index (κ3) is 3.85. The van der Waals surface area contributed by atoms with E-state index in [1.165, 1.54) is 31.6 Å². The molecule has 1 heterocycles. The van der Waals surface area contributed by atoms with Crippen molar-refractivity contribution in [1.82, 2.24) is 9.97 Å². The van der Waals surface area contributed by atoms with Crippen molar-refractivity contribution < 1.29 is 13.9 Å². The number of nitrogens with one attached hydrogen (secondary N) is 1. The van der Waals surface area contributed by atoms with E-state index in [9.17, 15) is 9.18 Å². The lowest BCUT2D eigenvalue weighted by atomic mass is 10.0. The van der Waals surface area contributed by atoms with Crippen LogP contribution in [0.15, 0.2) is 60.9 Å². The number of hydrogen-bond acceptors (Lipinski definition) is 4. The third-order valence-corrected chi connectivity index (χ3v) is 4.05. The van der Waals surface area contributed by atoms with Gasteiger partial charge in [0.15, 0.2) is 0 Å². The molecule has 3 aromatic rings. The summed E-state index contributed by atoms with van der Waals surface area (Å²) in [5.41, 5.74) is 1.85. The Bertz CT molecular complexity index is 916. The average Bonchev–Trinajstić information content (AvgIpc) is 2.68. The smallest absolute Gasteiger partial charge is 0.232 e. The standard InChI is InChI=1S/C20H18FN3O2/c1-13(14-6-4-3-5-7-14)20(25)24-19-11-17(22-12-23-19)16-10-15(21)8-9-18(16)26-2/h3-13H,1-2H3,(H,22,23,24,25)/t13-/m1/s1. The van der Waals surface area contributed by atoms with Crippen LogP contribution in [-0.4, -0.2) is 23.0 Å². The van der Waals surface area contributed by atoms with E-state index in [1.54, 1.807) is 6.07 Å². The molecule has 1 amide bonds. The predicted molar refractivity (Wildman–Crippen MR) is 97.5 cm³/mol. The summed E-state index contributed by atoms with van der Waals surface area (Å²) in [6.45, 7) is 1.82. The summed E-state index contributed by atoms with van der Waals surface area (Å²) in [5, 5.41) is 2.78. The zero-order valence-corrected chi connectivity index (χ0v) is 14.4. The summed E-state index contributed by atoms with van der Waals surface area (Å²) in [4.78, 5) is 20.7. The van der Waals surface area contributed by atoms with E-state index in [4.69, 9.17) is 4.74 Å². The average molecular weight is 351 g/mol. The highest BCUT2D eigenvalue weighted by atomic mass is 19.1. The molecule has 0 saturated heterocycles. The SMILES string of the molecule is COc1ccc(F)cc1-c1cc(NC(=O)[C@H](C)c2ccccc2)ncn1. The number of nitrogens with zero attached hydrogens (tertiary/aromatic N) is 2. The molecule has 1 atom stereocenters. The number of carbonyl (C=O) groups excluding carboxylic acids is 1. The van der Waals surface area contributed by atoms with E-state index in [-0.39, 0.29) is 11.8 Å². The minimum absolute atomic E-state index is 0.188. The minimum atomic E-state index is -0.400. The largest absolute Gasteiger partial charge is 0.496 e. The van der Waals surface area contributed by atoms with Gasteiger partial charge in [0, 0.05) is 11.6 Å². The van der Waals surface area contributed by atoms with Crippen LogP contribution in [-0.2, 0) is 4.79 Å². The van der Waals surface area contributed by atoms with Gasteiger partial charge in [-0.15, -0.1) is 0 Å². The first-order valence-electron chi connectivity index (χ1n) is 8.10. The second kappa shape index (κ2) is 7.74. The van der Waals surface area contributed by atoms with Crippen molar-refractivity contribution in [2.45, 2.75) is 12.8 Å². The molecule has 132 valence electrons. The van der Waals surface area contributed by atoms with Crippen molar-refractivity contribution in [1.29, 1.82) is 0 Å². The Balaban J connectivity index is 1.84. The highest BCUT2D eigenvalue weighted by Crippen LogP contribution is 2.30. The van der Waals surface area contributed by atoms with Crippen LogP contribution in [0.1, 0.15) is 18.4 Å². The first kappa shape index (κ1) is 17.5. The molecule has 0 unspecified atom stereocenters. The Kier molecular flexibility index (Phi) is 5.22. The number of hydrogen-bond donors (Lipinski definition) is 1. The topological polar surface area (TPSA) is 64.1 Å². The molecule has 2 aromatic carbocycles. The van der Waals surface area contributed by atoms with E-state index in [1.807, 2.05) is 37.3 Å². The molecule has 6 heteroatoms. The maximum atomic E-state index is 13.6. The zero-order chi connectivity index (χ0) is 18.5. The minimum Gasteiger partial charge on any atom is -0.496 e. The molecule has 0 aliphatic rings. The van der Waals surface area contributed by atoms with Crippen molar-refractivity contribution in [2.24, 2.45) is 0 Å². The number of amides is 1. The summed E-state index contributed by atoms with van der Waals surface area (Å²) in [5.74, 6) is -0.0952. The summed E-state index contributed by atoms with van der Waals surface area (Å²) >= 11 is 0. The molecule has 0 bridgehead atoms. The summed E-state index contributed by atoms with van der Waals surface area (Å²) in [7, 11) is 1.50. The number of aromatic nitrogens is 2. The van der Waals surface area contributed by atoms with Crippen LogP contribution in [0.3, 0.4) is 0 Å². The molecule has 0 aliphatic carbocycles. The predicted octanol–water partition coefficient (Wildman–Crippen LogP) is 4.03. The van der Waals surface area contributed by atoms with Gasteiger partial charge in [-0.05, 0) is 30.7 Å². The number of ether oxygens (including phenoxy) is 1. The molecule has 3 rings (SSSR count). The molecule has 0 radical (unpaired) electrons. The number of anilines is 1. The van der Waals surface area contributed by atoms with Gasteiger partial charge in [0.1, 0.15) is 23.7 Å². The van der Waals surface area contributed by atoms with E-state index >= 15 is 0 Å². The maximum absolute atomic E-state index is 13.6. The molecule has 5 nitrogen and oxygen atoms in total. The zero-order valence-electron chi connectivity index (χ0n) is 14.4. The third-order valence-electron chi connectivity index (χ3n) is 4.05. The number of benzene rings is 2. The van der Waals surface area contributed by atoms with Gasteiger partial charge in [0.05, 0.1) is 18.7 Å². The van der Waals surface area contributed by atoms with Gasteiger partial charge in [-0.25, -0.2) is 14.4 Å². The lowest BCUT2D eigenvalue weighted by molar-refractivity contribution is -0.117. The highest BCUT2D eigenvalue weighted by Gasteiger charge is 2.16. The molecule has 0 aliphatic heterocycles. The van der Waals surface area contributed by atoms with Crippen LogP contribution < -0.4 is 10.1 Å². The van der Waals surface area contributed by atoms with Crippen molar-refractivity contribution >= 4 is 11.7 Å². The van der Waals surface area contributed by atoms with Gasteiger partial charge in [0.2, 0.25) is 5.91 Å². The Labute approximate surface area is 150 Å². The van der Waals surface area contributed by atoms with Crippen LogP contribution in [0, 0.1) is 5.82 Å². The summed E-state index contributed by atoms with van der Waals surface area (Å²) in [6.07, 6.45) is 1.32. The van der Waals surface area contributed by atoms with E-state index in [2.05, 4.69) is 15.3 Å². The lowest BCUT2D eigenvalue weighted by Crippen LogP contribution is -2.19.